The zero-order valence-electron chi connectivity index (χ0n) is 26.2. The van der Waals surface area contributed by atoms with Gasteiger partial charge in [-0.2, -0.15) is 17.7 Å². The van der Waals surface area contributed by atoms with Crippen LogP contribution in [0, 0.1) is 19.3 Å². The molecule has 8 nitrogen and oxygen atoms in total. The highest BCUT2D eigenvalue weighted by Crippen LogP contribution is 2.43. The fourth-order valence-corrected chi connectivity index (χ4v) is 7.60. The molecule has 0 spiro atoms. The van der Waals surface area contributed by atoms with Gasteiger partial charge in [0.2, 0.25) is 0 Å². The van der Waals surface area contributed by atoms with Gasteiger partial charge in [-0.25, -0.2) is 4.79 Å². The monoisotopic (exact) mass is 665 g/mol. The van der Waals surface area contributed by atoms with E-state index in [9.17, 15) is 9.90 Å². The summed E-state index contributed by atoms with van der Waals surface area (Å²) < 4.78 is 9.93. The minimum absolute atomic E-state index is 0.261. The number of benzene rings is 2. The summed E-state index contributed by atoms with van der Waals surface area (Å²) in [5, 5.41) is 28.0. The Kier molecular flexibility index (Phi) is 10.6. The third kappa shape index (κ3) is 6.78. The Hall–Kier alpha value is -3.34. The largest absolute Gasteiger partial charge is 0.493 e. The maximum Gasteiger partial charge on any atom is 0.352 e. The first kappa shape index (κ1) is 33.0. The van der Waals surface area contributed by atoms with Crippen LogP contribution in [0.5, 0.6) is 5.75 Å². The molecule has 3 N–H and O–H groups in total. The molecule has 11 heteroatoms. The minimum atomic E-state index is -0.972. The summed E-state index contributed by atoms with van der Waals surface area (Å²) in [6.45, 7) is 4.85. The van der Waals surface area contributed by atoms with Gasteiger partial charge in [0.25, 0.3) is 0 Å². The van der Waals surface area contributed by atoms with Gasteiger partial charge in [0.1, 0.15) is 11.4 Å². The number of aromatic carboxylic acids is 1. The van der Waals surface area contributed by atoms with Crippen molar-refractivity contribution in [1.82, 2.24) is 19.7 Å². The Labute approximate surface area is 279 Å². The summed E-state index contributed by atoms with van der Waals surface area (Å²) in [4.78, 5) is 12.7. The van der Waals surface area contributed by atoms with Crippen LogP contribution in [0.4, 0.5) is 0 Å². The molecule has 0 bridgehead atoms. The second kappa shape index (κ2) is 14.4. The number of rotatable bonds is 14. The number of halogens is 1. The number of nitrogens with zero attached hydrogens (tertiary/aromatic N) is 3. The summed E-state index contributed by atoms with van der Waals surface area (Å²) in [7, 11) is 3.73. The lowest BCUT2D eigenvalue weighted by molar-refractivity contribution is 0.0684. The van der Waals surface area contributed by atoms with E-state index in [0.29, 0.717) is 53.1 Å². The number of carboxylic acids is 1. The lowest BCUT2D eigenvalue weighted by Gasteiger charge is -2.13. The highest BCUT2D eigenvalue weighted by molar-refractivity contribution is 7.99. The average Bonchev–Trinajstić information content (AvgIpc) is 3.69. The number of thioether (sulfide) groups is 1. The third-order valence-corrected chi connectivity index (χ3v) is 10.2. The number of aromatic nitrogens is 3. The zero-order valence-corrected chi connectivity index (χ0v) is 28.6. The van der Waals surface area contributed by atoms with Crippen LogP contribution in [-0.2, 0) is 32.2 Å². The van der Waals surface area contributed by atoms with Gasteiger partial charge < -0.3 is 25.1 Å². The predicted octanol–water partition coefficient (Wildman–Crippen LogP) is 7.25. The Balaban J connectivity index is 1.45. The number of allylic oxidation sites excluding steroid dienone is 1. The van der Waals surface area contributed by atoms with Crippen LogP contribution in [0.2, 0.25) is 5.02 Å². The van der Waals surface area contributed by atoms with Gasteiger partial charge >= 0.3 is 5.97 Å². The molecule has 238 valence electrons. The van der Waals surface area contributed by atoms with Crippen LogP contribution < -0.4 is 10.1 Å². The highest BCUT2D eigenvalue weighted by Gasteiger charge is 2.27. The number of hydrogen-bond donors (Lipinski definition) is 4. The summed E-state index contributed by atoms with van der Waals surface area (Å²) >= 11 is 12.8. The van der Waals surface area contributed by atoms with Crippen LogP contribution >= 0.6 is 36.0 Å². The predicted molar refractivity (Wildman–Crippen MR) is 189 cm³/mol. The van der Waals surface area contributed by atoms with Crippen LogP contribution in [0.3, 0.4) is 0 Å². The van der Waals surface area contributed by atoms with Crippen molar-refractivity contribution in [2.45, 2.75) is 51.8 Å². The summed E-state index contributed by atoms with van der Waals surface area (Å²) in [6, 6.07) is 10.0. The molecule has 0 aliphatic heterocycles. The Morgan fingerprint density at radius 3 is 2.78 bits per heavy atom. The van der Waals surface area contributed by atoms with Crippen LogP contribution in [0.1, 0.15) is 51.4 Å². The van der Waals surface area contributed by atoms with Crippen molar-refractivity contribution in [1.29, 1.82) is 5.41 Å². The number of fused-ring (bicyclic) bond motifs is 2. The molecule has 2 heterocycles. The number of ether oxygens (including phenoxy) is 1. The molecule has 1 aliphatic rings. The second-order valence-electron chi connectivity index (χ2n) is 11.3. The van der Waals surface area contributed by atoms with Gasteiger partial charge in [-0.1, -0.05) is 23.7 Å². The van der Waals surface area contributed by atoms with Gasteiger partial charge in [-0.05, 0) is 80.5 Å². The lowest BCUT2D eigenvalue weighted by atomic mass is 9.97. The average molecular weight is 666 g/mol. The molecular weight excluding hydrogens is 626 g/mol. The molecular formula is C34H40ClN5O3S2. The number of hydrogen-bond acceptors (Lipinski definition) is 7. The Bertz CT molecular complexity index is 1790. The maximum atomic E-state index is 12.7. The number of thiol groups is 1. The molecule has 2 aromatic carbocycles. The smallest absolute Gasteiger partial charge is 0.352 e. The standard InChI is InChI=1S/C34H40ClN5O3S2/c1-20-30-28(40(33(20)34(41)42)14-7-15-43-29-11-6-9-22-8-5-10-25(22)29)13-12-26(35)32(30)31-21(2)39(4)38-27(31)19-45-18-23(36)16-24(17-44)37-3/h6,9,11-13,16,36-37,44H,5,7-8,10,14-15,17-19H2,1-4H3,(H,41,42)/b24-16-,36-23?. The van der Waals surface area contributed by atoms with Gasteiger partial charge in [0.15, 0.2) is 0 Å². The van der Waals surface area contributed by atoms with Crippen molar-refractivity contribution in [2.75, 3.05) is 25.2 Å². The molecule has 0 atom stereocenters. The normalized spacial score (nSPS) is 13.0. The summed E-state index contributed by atoms with van der Waals surface area (Å²) in [5.74, 6) is 1.59. The van der Waals surface area contributed by atoms with E-state index in [1.807, 2.05) is 61.5 Å². The van der Waals surface area contributed by atoms with Crippen LogP contribution in [-0.4, -0.2) is 56.3 Å². The van der Waals surface area contributed by atoms with Crippen molar-refractivity contribution in [3.8, 4) is 16.9 Å². The zero-order chi connectivity index (χ0) is 32.2. The highest BCUT2D eigenvalue weighted by atomic mass is 35.5. The van der Waals surface area contributed by atoms with Crippen molar-refractivity contribution in [2.24, 2.45) is 7.05 Å². The lowest BCUT2D eigenvalue weighted by Crippen LogP contribution is -2.12. The molecule has 0 amide bonds. The van der Waals surface area contributed by atoms with Gasteiger partial charge in [-0.15, -0.1) is 11.8 Å². The summed E-state index contributed by atoms with van der Waals surface area (Å²) in [6.07, 6.45) is 5.75. The van der Waals surface area contributed by atoms with Gasteiger partial charge in [0, 0.05) is 82.1 Å². The van der Waals surface area contributed by atoms with Crippen LogP contribution in [0.25, 0.3) is 22.0 Å². The molecule has 0 radical (unpaired) electrons. The van der Waals surface area contributed by atoms with E-state index in [2.05, 4.69) is 24.0 Å². The first-order valence-corrected chi connectivity index (χ1v) is 17.3. The minimum Gasteiger partial charge on any atom is -0.493 e. The van der Waals surface area contributed by atoms with Crippen LogP contribution in [0.15, 0.2) is 42.1 Å². The molecule has 0 saturated heterocycles. The van der Waals surface area contributed by atoms with E-state index in [1.165, 1.54) is 11.1 Å². The quantitative estimate of drug-likeness (QED) is 0.0642. The molecule has 0 unspecified atom stereocenters. The number of carbonyl (C=O) groups is 1. The molecule has 0 fully saturated rings. The number of carboxylic acid groups (broad SMARTS) is 1. The Morgan fingerprint density at radius 2 is 2.04 bits per heavy atom. The number of aryl methyl sites for hydroxylation is 4. The van der Waals surface area contributed by atoms with Crippen molar-refractivity contribution < 1.29 is 14.6 Å². The Morgan fingerprint density at radius 1 is 1.24 bits per heavy atom. The topological polar surface area (TPSA) is 105 Å². The molecule has 45 heavy (non-hydrogen) atoms. The van der Waals surface area contributed by atoms with Gasteiger partial charge in [-0.3, -0.25) is 4.68 Å². The first-order valence-electron chi connectivity index (χ1n) is 15.1. The third-order valence-electron chi connectivity index (χ3n) is 8.51. The van der Waals surface area contributed by atoms with E-state index in [4.69, 9.17) is 26.8 Å². The van der Waals surface area contributed by atoms with Gasteiger partial charge in [0.05, 0.1) is 12.3 Å². The molecule has 0 saturated carbocycles. The second-order valence-corrected chi connectivity index (χ2v) is 13.0. The van der Waals surface area contributed by atoms with Crippen molar-refractivity contribution >= 4 is 58.6 Å². The van der Waals surface area contributed by atoms with Crippen molar-refractivity contribution in [3.63, 3.8) is 0 Å². The number of nitrogens with one attached hydrogen (secondary N) is 2. The molecule has 5 rings (SSSR count). The van der Waals surface area contributed by atoms with Crippen molar-refractivity contribution in [3.05, 3.63) is 80.9 Å². The molecule has 1 aliphatic carbocycles. The fourth-order valence-electron chi connectivity index (χ4n) is 6.30. The molecule has 2 aromatic heterocycles. The summed E-state index contributed by atoms with van der Waals surface area (Å²) in [5.41, 5.74) is 9.32. The SMILES string of the molecule is CN/C(=C\C(=N)CSCc1nn(C)c(C)c1-c1c(Cl)ccc2c1c(C)c(C(=O)O)n2CCCOc1cccc2c1CCC2)CS. The fraction of sp³-hybridized carbons (Fsp3) is 0.382. The van der Waals surface area contributed by atoms with E-state index in [-0.39, 0.29) is 5.69 Å². The van der Waals surface area contributed by atoms with E-state index in [0.717, 1.165) is 64.1 Å². The maximum absolute atomic E-state index is 12.7. The van der Waals surface area contributed by atoms with E-state index < -0.39 is 5.97 Å². The van der Waals surface area contributed by atoms with E-state index >= 15 is 0 Å². The molecule has 4 aromatic rings. The first-order chi connectivity index (χ1) is 21.7. The van der Waals surface area contributed by atoms with E-state index in [1.54, 1.807) is 17.8 Å².